The van der Waals surface area contributed by atoms with Crippen molar-refractivity contribution in [3.8, 4) is 6.07 Å². The molecule has 0 saturated carbocycles. The predicted octanol–water partition coefficient (Wildman–Crippen LogP) is 2.33. The fraction of sp³-hybridized carbons (Fsp3) is 0.176. The number of hydrogen-bond acceptors (Lipinski definition) is 3. The third-order valence-corrected chi connectivity index (χ3v) is 3.35. The van der Waals surface area contributed by atoms with Crippen LogP contribution >= 0.6 is 0 Å². The van der Waals surface area contributed by atoms with Crippen molar-refractivity contribution in [1.82, 2.24) is 5.32 Å². The maximum absolute atomic E-state index is 12.9. The van der Waals surface area contributed by atoms with Crippen molar-refractivity contribution in [2.45, 2.75) is 12.5 Å². The van der Waals surface area contributed by atoms with Gasteiger partial charge in [0.1, 0.15) is 11.4 Å². The Labute approximate surface area is 127 Å². The second kappa shape index (κ2) is 6.37. The van der Waals surface area contributed by atoms with Gasteiger partial charge in [0.25, 0.3) is 5.91 Å². The topological polar surface area (TPSA) is 73.1 Å². The van der Waals surface area contributed by atoms with Crippen LogP contribution in [-0.4, -0.2) is 17.6 Å². The molecule has 0 aliphatic carbocycles. The zero-order valence-electron chi connectivity index (χ0n) is 12.0. The minimum absolute atomic E-state index is 0.0583. The first-order valence-electron chi connectivity index (χ1n) is 6.70. The van der Waals surface area contributed by atoms with Gasteiger partial charge in [0.05, 0.1) is 23.7 Å². The largest absolute Gasteiger partial charge is 0.384 e. The predicted molar refractivity (Wildman–Crippen MR) is 79.5 cm³/mol. The van der Waals surface area contributed by atoms with E-state index in [-0.39, 0.29) is 17.7 Å². The van der Waals surface area contributed by atoms with E-state index < -0.39 is 17.3 Å². The molecule has 2 aromatic carbocycles. The normalized spacial score (nSPS) is 13.0. The van der Waals surface area contributed by atoms with Gasteiger partial charge in [-0.25, -0.2) is 4.39 Å². The van der Waals surface area contributed by atoms with Gasteiger partial charge in [-0.05, 0) is 36.8 Å². The van der Waals surface area contributed by atoms with Gasteiger partial charge in [0.2, 0.25) is 0 Å². The molecule has 0 heterocycles. The number of amides is 1. The van der Waals surface area contributed by atoms with Gasteiger partial charge in [0.15, 0.2) is 0 Å². The van der Waals surface area contributed by atoms with E-state index in [4.69, 9.17) is 5.26 Å². The van der Waals surface area contributed by atoms with Crippen molar-refractivity contribution in [1.29, 1.82) is 5.26 Å². The maximum atomic E-state index is 12.9. The van der Waals surface area contributed by atoms with E-state index in [1.165, 1.54) is 31.2 Å². The number of benzene rings is 2. The summed E-state index contributed by atoms with van der Waals surface area (Å²) < 4.78 is 12.9. The monoisotopic (exact) mass is 298 g/mol. The van der Waals surface area contributed by atoms with Gasteiger partial charge in [0, 0.05) is 0 Å². The second-order valence-electron chi connectivity index (χ2n) is 5.12. The van der Waals surface area contributed by atoms with Crippen LogP contribution in [0.3, 0.4) is 0 Å². The molecule has 2 rings (SSSR count). The van der Waals surface area contributed by atoms with E-state index in [0.717, 1.165) is 0 Å². The summed E-state index contributed by atoms with van der Waals surface area (Å²) in [6.07, 6.45) is 0. The summed E-state index contributed by atoms with van der Waals surface area (Å²) in [5, 5.41) is 22.0. The zero-order chi connectivity index (χ0) is 16.2. The molecule has 0 fully saturated rings. The number of aliphatic hydroxyl groups is 1. The van der Waals surface area contributed by atoms with E-state index in [9.17, 15) is 14.3 Å². The Balaban J connectivity index is 2.10. The van der Waals surface area contributed by atoms with Crippen LogP contribution in [0.25, 0.3) is 0 Å². The van der Waals surface area contributed by atoms with Crippen LogP contribution in [0.4, 0.5) is 4.39 Å². The van der Waals surface area contributed by atoms with Gasteiger partial charge in [-0.1, -0.05) is 24.3 Å². The molecular weight excluding hydrogens is 283 g/mol. The summed E-state index contributed by atoms with van der Waals surface area (Å²) in [5.74, 6) is -0.842. The SMILES string of the molecule is CC(O)(CNC(=O)c1ccccc1C#N)c1ccc(F)cc1. The quantitative estimate of drug-likeness (QED) is 0.910. The summed E-state index contributed by atoms with van der Waals surface area (Å²) in [6, 6.07) is 13.8. The number of rotatable bonds is 4. The van der Waals surface area contributed by atoms with Crippen LogP contribution in [0.2, 0.25) is 0 Å². The van der Waals surface area contributed by atoms with Crippen molar-refractivity contribution < 1.29 is 14.3 Å². The van der Waals surface area contributed by atoms with Gasteiger partial charge in [-0.3, -0.25) is 4.79 Å². The second-order valence-corrected chi connectivity index (χ2v) is 5.12. The molecule has 0 spiro atoms. The summed E-state index contributed by atoms with van der Waals surface area (Å²) in [5.41, 5.74) is -0.339. The minimum Gasteiger partial charge on any atom is -0.384 e. The Kier molecular flexibility index (Phi) is 4.54. The van der Waals surface area contributed by atoms with E-state index in [2.05, 4.69) is 5.32 Å². The first-order valence-corrected chi connectivity index (χ1v) is 6.70. The molecule has 0 aromatic heterocycles. The number of halogens is 1. The van der Waals surface area contributed by atoms with Crippen molar-refractivity contribution in [2.24, 2.45) is 0 Å². The Bertz CT molecular complexity index is 718. The highest BCUT2D eigenvalue weighted by atomic mass is 19.1. The van der Waals surface area contributed by atoms with Gasteiger partial charge in [-0.15, -0.1) is 0 Å². The molecule has 1 atom stereocenters. The van der Waals surface area contributed by atoms with E-state index in [1.54, 1.807) is 24.3 Å². The number of carbonyl (C=O) groups excluding carboxylic acids is 1. The third-order valence-electron chi connectivity index (χ3n) is 3.35. The summed E-state index contributed by atoms with van der Waals surface area (Å²) >= 11 is 0. The lowest BCUT2D eigenvalue weighted by atomic mass is 9.96. The van der Waals surface area contributed by atoms with Gasteiger partial charge >= 0.3 is 0 Å². The van der Waals surface area contributed by atoms with Crippen molar-refractivity contribution >= 4 is 5.91 Å². The molecule has 22 heavy (non-hydrogen) atoms. The Hall–Kier alpha value is -2.71. The van der Waals surface area contributed by atoms with Crippen LogP contribution in [0.5, 0.6) is 0 Å². The molecule has 4 nitrogen and oxygen atoms in total. The molecule has 1 unspecified atom stereocenters. The standard InChI is InChI=1S/C17H15FN2O2/c1-17(22,13-6-8-14(18)9-7-13)11-20-16(21)15-5-3-2-4-12(15)10-19/h2-9,22H,11H2,1H3,(H,20,21). The van der Waals surface area contributed by atoms with Crippen molar-refractivity contribution in [2.75, 3.05) is 6.54 Å². The summed E-state index contributed by atoms with van der Waals surface area (Å²) in [6.45, 7) is 1.47. The maximum Gasteiger partial charge on any atom is 0.252 e. The van der Waals surface area contributed by atoms with Crippen LogP contribution in [0.15, 0.2) is 48.5 Å². The number of hydrogen-bond donors (Lipinski definition) is 2. The number of nitrogens with zero attached hydrogens (tertiary/aromatic N) is 1. The molecule has 5 heteroatoms. The fourth-order valence-electron chi connectivity index (χ4n) is 2.04. The molecule has 0 radical (unpaired) electrons. The molecular formula is C17H15FN2O2. The fourth-order valence-corrected chi connectivity index (χ4v) is 2.04. The molecule has 0 aliphatic heterocycles. The Morgan fingerprint density at radius 2 is 1.91 bits per heavy atom. The highest BCUT2D eigenvalue weighted by molar-refractivity contribution is 5.96. The first kappa shape index (κ1) is 15.7. The molecule has 2 N–H and O–H groups in total. The lowest BCUT2D eigenvalue weighted by Crippen LogP contribution is -2.38. The average Bonchev–Trinajstić information content (AvgIpc) is 2.53. The van der Waals surface area contributed by atoms with Crippen molar-refractivity contribution in [3.63, 3.8) is 0 Å². The highest BCUT2D eigenvalue weighted by Gasteiger charge is 2.24. The first-order chi connectivity index (χ1) is 10.4. The van der Waals surface area contributed by atoms with Crippen LogP contribution in [-0.2, 0) is 5.60 Å². The molecule has 0 bridgehead atoms. The van der Waals surface area contributed by atoms with E-state index in [1.807, 2.05) is 6.07 Å². The molecule has 0 aliphatic rings. The summed E-state index contributed by atoms with van der Waals surface area (Å²) in [4.78, 5) is 12.1. The van der Waals surface area contributed by atoms with E-state index >= 15 is 0 Å². The smallest absolute Gasteiger partial charge is 0.252 e. The average molecular weight is 298 g/mol. The summed E-state index contributed by atoms with van der Waals surface area (Å²) in [7, 11) is 0. The zero-order valence-corrected chi connectivity index (χ0v) is 12.0. The van der Waals surface area contributed by atoms with Crippen molar-refractivity contribution in [3.05, 3.63) is 71.0 Å². The third kappa shape index (κ3) is 3.48. The minimum atomic E-state index is -1.34. The molecule has 0 saturated heterocycles. The molecule has 2 aromatic rings. The Morgan fingerprint density at radius 3 is 2.55 bits per heavy atom. The van der Waals surface area contributed by atoms with Crippen LogP contribution < -0.4 is 5.32 Å². The van der Waals surface area contributed by atoms with E-state index in [0.29, 0.717) is 5.56 Å². The Morgan fingerprint density at radius 1 is 1.27 bits per heavy atom. The van der Waals surface area contributed by atoms with Crippen LogP contribution in [0, 0.1) is 17.1 Å². The molecule has 1 amide bonds. The lowest BCUT2D eigenvalue weighted by molar-refractivity contribution is 0.0526. The number of nitriles is 1. The lowest BCUT2D eigenvalue weighted by Gasteiger charge is -2.24. The number of nitrogens with one attached hydrogen (secondary N) is 1. The highest BCUT2D eigenvalue weighted by Crippen LogP contribution is 2.20. The van der Waals surface area contributed by atoms with Gasteiger partial charge < -0.3 is 10.4 Å². The molecule has 112 valence electrons. The van der Waals surface area contributed by atoms with Crippen LogP contribution in [0.1, 0.15) is 28.4 Å². The van der Waals surface area contributed by atoms with Gasteiger partial charge in [-0.2, -0.15) is 5.26 Å². The number of carbonyl (C=O) groups is 1.